The number of hydrogen-bond donors (Lipinski definition) is 3. The molecule has 0 aliphatic carbocycles. The van der Waals surface area contributed by atoms with E-state index >= 15 is 0 Å². The first-order chi connectivity index (χ1) is 8.56. The highest BCUT2D eigenvalue weighted by Crippen LogP contribution is 2.24. The van der Waals surface area contributed by atoms with Crippen molar-refractivity contribution in [3.8, 4) is 0 Å². The molecule has 0 aliphatic rings. The van der Waals surface area contributed by atoms with Crippen molar-refractivity contribution >= 4 is 17.6 Å². The van der Waals surface area contributed by atoms with Gasteiger partial charge >= 0.3 is 0 Å². The van der Waals surface area contributed by atoms with Crippen LogP contribution in [0.1, 0.15) is 38.2 Å². The summed E-state index contributed by atoms with van der Waals surface area (Å²) in [6, 6.07) is 7.98. The third-order valence-corrected chi connectivity index (χ3v) is 2.84. The topological polar surface area (TPSA) is 103 Å². The lowest BCUT2D eigenvalue weighted by atomic mass is 9.94. The summed E-state index contributed by atoms with van der Waals surface area (Å²) in [5.41, 5.74) is 18.0. The zero-order valence-electron chi connectivity index (χ0n) is 10.9. The fourth-order valence-electron chi connectivity index (χ4n) is 1.87. The number of hydrogen-bond acceptors (Lipinski definition) is 1. The Hall–Kier alpha value is -2.04. The van der Waals surface area contributed by atoms with Gasteiger partial charge in [-0.15, -0.1) is 0 Å². The Balaban J connectivity index is 2.86. The molecule has 0 saturated heterocycles. The van der Waals surface area contributed by atoms with Crippen LogP contribution in [-0.4, -0.2) is 11.9 Å². The van der Waals surface area contributed by atoms with Crippen LogP contribution < -0.4 is 17.2 Å². The molecule has 0 radical (unpaired) electrons. The predicted molar refractivity (Wildman–Crippen MR) is 76.9 cm³/mol. The maximum Gasteiger partial charge on any atom is 0.223 e. The second-order valence-corrected chi connectivity index (χ2v) is 4.11. The van der Waals surface area contributed by atoms with Gasteiger partial charge in [0.2, 0.25) is 5.96 Å². The number of aliphatic imine (C=N–C) groups is 2. The minimum atomic E-state index is -0.0927. The van der Waals surface area contributed by atoms with Crippen molar-refractivity contribution in [1.82, 2.24) is 0 Å². The van der Waals surface area contributed by atoms with E-state index in [0.717, 1.165) is 18.5 Å². The van der Waals surface area contributed by atoms with Gasteiger partial charge in [-0.05, 0) is 36.5 Å². The largest absolute Gasteiger partial charge is 0.370 e. The standard InChI is InChI=1S/C13H21N5/c1-3-9(4-2)10-5-7-11(8-6-10)17-13(16)18-12(14)15/h5-9H,3-4H2,1-2H3,(H6,14,15,16,17,18). The molecular formula is C13H21N5. The number of nitrogens with zero attached hydrogens (tertiary/aromatic N) is 2. The maximum absolute atomic E-state index is 5.56. The number of rotatable bonds is 4. The molecule has 0 aromatic heterocycles. The molecule has 0 bridgehead atoms. The number of nitrogens with two attached hydrogens (primary N) is 3. The second-order valence-electron chi connectivity index (χ2n) is 4.11. The van der Waals surface area contributed by atoms with Gasteiger partial charge in [-0.2, -0.15) is 4.99 Å². The minimum Gasteiger partial charge on any atom is -0.370 e. The Morgan fingerprint density at radius 3 is 2.06 bits per heavy atom. The average molecular weight is 247 g/mol. The lowest BCUT2D eigenvalue weighted by Gasteiger charge is -2.12. The van der Waals surface area contributed by atoms with E-state index in [9.17, 15) is 0 Å². The molecule has 98 valence electrons. The average Bonchev–Trinajstić information content (AvgIpc) is 2.31. The number of benzene rings is 1. The zero-order chi connectivity index (χ0) is 13.5. The van der Waals surface area contributed by atoms with Crippen LogP contribution in [0.25, 0.3) is 0 Å². The van der Waals surface area contributed by atoms with Gasteiger partial charge in [-0.3, -0.25) is 0 Å². The second kappa shape index (κ2) is 6.64. The van der Waals surface area contributed by atoms with Gasteiger partial charge in [-0.1, -0.05) is 26.0 Å². The van der Waals surface area contributed by atoms with Crippen molar-refractivity contribution in [1.29, 1.82) is 0 Å². The Morgan fingerprint density at radius 1 is 1.06 bits per heavy atom. The summed E-state index contributed by atoms with van der Waals surface area (Å²) >= 11 is 0. The third-order valence-electron chi connectivity index (χ3n) is 2.84. The Morgan fingerprint density at radius 2 is 1.61 bits per heavy atom. The molecule has 6 N–H and O–H groups in total. The molecule has 5 heteroatoms. The molecule has 0 fully saturated rings. The van der Waals surface area contributed by atoms with E-state index in [1.54, 1.807) is 0 Å². The van der Waals surface area contributed by atoms with Crippen molar-refractivity contribution in [2.45, 2.75) is 32.6 Å². The summed E-state index contributed by atoms with van der Waals surface area (Å²) in [7, 11) is 0. The molecular weight excluding hydrogens is 226 g/mol. The van der Waals surface area contributed by atoms with E-state index < -0.39 is 0 Å². The van der Waals surface area contributed by atoms with Crippen LogP contribution >= 0.6 is 0 Å². The van der Waals surface area contributed by atoms with Crippen LogP contribution in [0.3, 0.4) is 0 Å². The van der Waals surface area contributed by atoms with Gasteiger partial charge in [0.05, 0.1) is 5.69 Å². The van der Waals surface area contributed by atoms with Gasteiger partial charge < -0.3 is 17.2 Å². The van der Waals surface area contributed by atoms with Crippen molar-refractivity contribution in [2.24, 2.45) is 27.2 Å². The first-order valence-corrected chi connectivity index (χ1v) is 6.10. The molecule has 1 aromatic rings. The van der Waals surface area contributed by atoms with Crippen LogP contribution in [-0.2, 0) is 0 Å². The Labute approximate surface area is 108 Å². The van der Waals surface area contributed by atoms with Crippen molar-refractivity contribution in [2.75, 3.05) is 0 Å². The van der Waals surface area contributed by atoms with E-state index in [4.69, 9.17) is 17.2 Å². The molecule has 0 spiro atoms. The van der Waals surface area contributed by atoms with Gasteiger partial charge in [0.15, 0.2) is 5.96 Å². The van der Waals surface area contributed by atoms with Gasteiger partial charge in [0.25, 0.3) is 0 Å². The minimum absolute atomic E-state index is 0.0604. The normalized spacial score (nSPS) is 11.6. The molecule has 1 rings (SSSR count). The van der Waals surface area contributed by atoms with E-state index in [1.807, 2.05) is 12.1 Å². The monoisotopic (exact) mass is 247 g/mol. The highest BCUT2D eigenvalue weighted by atomic mass is 15.1. The quantitative estimate of drug-likeness (QED) is 0.558. The Bertz CT molecular complexity index is 425. The van der Waals surface area contributed by atoms with Crippen LogP contribution in [0.4, 0.5) is 5.69 Å². The third kappa shape index (κ3) is 4.08. The molecule has 0 atom stereocenters. The smallest absolute Gasteiger partial charge is 0.223 e. The van der Waals surface area contributed by atoms with Crippen molar-refractivity contribution in [3.63, 3.8) is 0 Å². The van der Waals surface area contributed by atoms with E-state index in [-0.39, 0.29) is 11.9 Å². The van der Waals surface area contributed by atoms with Gasteiger partial charge in [0.1, 0.15) is 0 Å². The first-order valence-electron chi connectivity index (χ1n) is 6.10. The molecule has 5 nitrogen and oxygen atoms in total. The van der Waals surface area contributed by atoms with E-state index in [2.05, 4.69) is 36.0 Å². The molecule has 0 saturated carbocycles. The van der Waals surface area contributed by atoms with Crippen molar-refractivity contribution in [3.05, 3.63) is 29.8 Å². The molecule has 0 amide bonds. The summed E-state index contributed by atoms with van der Waals surface area (Å²) in [6.07, 6.45) is 2.27. The van der Waals surface area contributed by atoms with Crippen LogP contribution in [0.2, 0.25) is 0 Å². The van der Waals surface area contributed by atoms with Crippen LogP contribution in [0.5, 0.6) is 0 Å². The van der Waals surface area contributed by atoms with Crippen LogP contribution in [0.15, 0.2) is 34.3 Å². The van der Waals surface area contributed by atoms with Crippen LogP contribution in [0, 0.1) is 0 Å². The molecule has 1 aromatic carbocycles. The summed E-state index contributed by atoms with van der Waals surface area (Å²) in [6.45, 7) is 4.38. The lowest BCUT2D eigenvalue weighted by Crippen LogP contribution is -2.26. The van der Waals surface area contributed by atoms with E-state index in [1.165, 1.54) is 5.56 Å². The number of guanidine groups is 2. The fraction of sp³-hybridized carbons (Fsp3) is 0.385. The lowest BCUT2D eigenvalue weighted by molar-refractivity contribution is 0.642. The molecule has 0 unspecified atom stereocenters. The maximum atomic E-state index is 5.56. The highest BCUT2D eigenvalue weighted by Gasteiger charge is 2.05. The summed E-state index contributed by atoms with van der Waals surface area (Å²) in [5.74, 6) is 0.563. The van der Waals surface area contributed by atoms with Gasteiger partial charge in [0, 0.05) is 0 Å². The zero-order valence-corrected chi connectivity index (χ0v) is 10.9. The molecule has 0 aliphatic heterocycles. The Kier molecular flexibility index (Phi) is 5.17. The molecule has 18 heavy (non-hydrogen) atoms. The summed E-state index contributed by atoms with van der Waals surface area (Å²) < 4.78 is 0. The SMILES string of the molecule is CCC(CC)c1ccc(N=C(N)N=C(N)N)cc1. The predicted octanol–water partition coefficient (Wildman–Crippen LogP) is 1.81. The summed E-state index contributed by atoms with van der Waals surface area (Å²) in [4.78, 5) is 7.76. The molecule has 0 heterocycles. The summed E-state index contributed by atoms with van der Waals surface area (Å²) in [5, 5.41) is 0. The van der Waals surface area contributed by atoms with Gasteiger partial charge in [-0.25, -0.2) is 4.99 Å². The van der Waals surface area contributed by atoms with Crippen molar-refractivity contribution < 1.29 is 0 Å². The van der Waals surface area contributed by atoms with E-state index in [0.29, 0.717) is 5.92 Å². The fourth-order valence-corrected chi connectivity index (χ4v) is 1.87. The highest BCUT2D eigenvalue weighted by molar-refractivity contribution is 5.93. The first kappa shape index (κ1) is 14.0.